The summed E-state index contributed by atoms with van der Waals surface area (Å²) < 4.78 is 1.76. The SMILES string of the molecule is Cn1c(N)nnc1SCc1cccc(N)c1. The van der Waals surface area contributed by atoms with E-state index in [0.29, 0.717) is 5.95 Å². The molecule has 1 aromatic heterocycles. The van der Waals surface area contributed by atoms with Gasteiger partial charge in [-0.1, -0.05) is 23.9 Å². The number of benzene rings is 1. The minimum atomic E-state index is 0.426. The molecule has 0 bridgehead atoms. The topological polar surface area (TPSA) is 82.8 Å². The maximum absolute atomic E-state index is 5.70. The predicted molar refractivity (Wildman–Crippen MR) is 65.8 cm³/mol. The van der Waals surface area contributed by atoms with Gasteiger partial charge in [-0.15, -0.1) is 10.2 Å². The van der Waals surface area contributed by atoms with Crippen LogP contribution in [-0.2, 0) is 12.8 Å². The number of anilines is 2. The quantitative estimate of drug-likeness (QED) is 0.618. The van der Waals surface area contributed by atoms with Crippen molar-refractivity contribution < 1.29 is 0 Å². The van der Waals surface area contributed by atoms with Crippen LogP contribution in [0.15, 0.2) is 29.4 Å². The van der Waals surface area contributed by atoms with Crippen molar-refractivity contribution in [3.05, 3.63) is 29.8 Å². The molecule has 0 aliphatic heterocycles. The Morgan fingerprint density at radius 1 is 1.31 bits per heavy atom. The third kappa shape index (κ3) is 2.27. The summed E-state index contributed by atoms with van der Waals surface area (Å²) in [5.74, 6) is 1.23. The van der Waals surface area contributed by atoms with Crippen LogP contribution in [0.5, 0.6) is 0 Å². The molecule has 5 nitrogen and oxygen atoms in total. The first kappa shape index (κ1) is 10.8. The molecule has 4 N–H and O–H groups in total. The molecule has 0 aliphatic carbocycles. The van der Waals surface area contributed by atoms with Crippen LogP contribution in [0.3, 0.4) is 0 Å². The lowest BCUT2D eigenvalue weighted by atomic mass is 10.2. The first-order valence-electron chi connectivity index (χ1n) is 4.79. The lowest BCUT2D eigenvalue weighted by Gasteiger charge is -2.02. The fourth-order valence-corrected chi connectivity index (χ4v) is 2.14. The lowest BCUT2D eigenvalue weighted by Crippen LogP contribution is -1.98. The maximum Gasteiger partial charge on any atom is 0.222 e. The van der Waals surface area contributed by atoms with Crippen molar-refractivity contribution in [2.45, 2.75) is 10.9 Å². The average Bonchev–Trinajstić information content (AvgIpc) is 2.57. The minimum Gasteiger partial charge on any atom is -0.399 e. The molecule has 0 saturated carbocycles. The van der Waals surface area contributed by atoms with Gasteiger partial charge in [-0.2, -0.15) is 0 Å². The first-order chi connectivity index (χ1) is 7.66. The Bertz CT molecular complexity index is 494. The zero-order chi connectivity index (χ0) is 11.5. The lowest BCUT2D eigenvalue weighted by molar-refractivity contribution is 0.796. The van der Waals surface area contributed by atoms with Crippen LogP contribution in [0.4, 0.5) is 11.6 Å². The van der Waals surface area contributed by atoms with Gasteiger partial charge in [0, 0.05) is 18.5 Å². The summed E-state index contributed by atoms with van der Waals surface area (Å²) >= 11 is 1.58. The average molecular weight is 235 g/mol. The molecule has 16 heavy (non-hydrogen) atoms. The van der Waals surface area contributed by atoms with E-state index < -0.39 is 0 Å². The van der Waals surface area contributed by atoms with E-state index in [-0.39, 0.29) is 0 Å². The number of aromatic nitrogens is 3. The highest BCUT2D eigenvalue weighted by Crippen LogP contribution is 2.22. The number of hydrogen-bond acceptors (Lipinski definition) is 5. The monoisotopic (exact) mass is 235 g/mol. The van der Waals surface area contributed by atoms with Gasteiger partial charge in [0.05, 0.1) is 0 Å². The molecule has 0 aliphatic rings. The van der Waals surface area contributed by atoms with Crippen molar-refractivity contribution in [3.8, 4) is 0 Å². The summed E-state index contributed by atoms with van der Waals surface area (Å²) in [6, 6.07) is 7.79. The van der Waals surface area contributed by atoms with Crippen LogP contribution >= 0.6 is 11.8 Å². The van der Waals surface area contributed by atoms with Crippen molar-refractivity contribution in [2.24, 2.45) is 7.05 Å². The molecule has 1 heterocycles. The van der Waals surface area contributed by atoms with E-state index in [9.17, 15) is 0 Å². The Morgan fingerprint density at radius 2 is 2.12 bits per heavy atom. The highest BCUT2D eigenvalue weighted by atomic mass is 32.2. The van der Waals surface area contributed by atoms with E-state index in [0.717, 1.165) is 22.2 Å². The molecule has 0 unspecified atom stereocenters. The van der Waals surface area contributed by atoms with Crippen molar-refractivity contribution in [2.75, 3.05) is 11.5 Å². The Balaban J connectivity index is 2.05. The van der Waals surface area contributed by atoms with E-state index in [2.05, 4.69) is 10.2 Å². The zero-order valence-corrected chi connectivity index (χ0v) is 9.74. The second-order valence-corrected chi connectivity index (χ2v) is 4.38. The van der Waals surface area contributed by atoms with Gasteiger partial charge in [0.1, 0.15) is 0 Å². The van der Waals surface area contributed by atoms with E-state index in [4.69, 9.17) is 11.5 Å². The van der Waals surface area contributed by atoms with E-state index in [1.165, 1.54) is 0 Å². The Morgan fingerprint density at radius 3 is 2.75 bits per heavy atom. The van der Waals surface area contributed by atoms with Gasteiger partial charge in [0.15, 0.2) is 5.16 Å². The highest BCUT2D eigenvalue weighted by molar-refractivity contribution is 7.98. The van der Waals surface area contributed by atoms with Crippen molar-refractivity contribution in [1.82, 2.24) is 14.8 Å². The molecule has 0 spiro atoms. The number of nitrogens with zero attached hydrogens (tertiary/aromatic N) is 3. The highest BCUT2D eigenvalue weighted by Gasteiger charge is 2.06. The number of nitrogens with two attached hydrogens (primary N) is 2. The minimum absolute atomic E-state index is 0.426. The molecule has 2 rings (SSSR count). The predicted octanol–water partition coefficient (Wildman–Crippen LogP) is 1.27. The molecule has 0 saturated heterocycles. The number of hydrogen-bond donors (Lipinski definition) is 2. The second kappa shape index (κ2) is 4.44. The summed E-state index contributed by atoms with van der Waals surface area (Å²) in [4.78, 5) is 0. The van der Waals surface area contributed by atoms with E-state index in [1.54, 1.807) is 16.3 Å². The Hall–Kier alpha value is -1.69. The number of nitrogen functional groups attached to an aromatic ring is 2. The van der Waals surface area contributed by atoms with Crippen molar-refractivity contribution in [1.29, 1.82) is 0 Å². The molecular weight excluding hydrogens is 222 g/mol. The van der Waals surface area contributed by atoms with Crippen LogP contribution < -0.4 is 11.5 Å². The van der Waals surface area contributed by atoms with Gasteiger partial charge in [-0.05, 0) is 17.7 Å². The maximum atomic E-state index is 5.70. The molecular formula is C10H13N5S. The van der Waals surface area contributed by atoms with Crippen LogP contribution in [0.1, 0.15) is 5.56 Å². The summed E-state index contributed by atoms with van der Waals surface area (Å²) in [7, 11) is 1.84. The standard InChI is InChI=1S/C10H13N5S/c1-15-9(12)13-14-10(15)16-6-7-3-2-4-8(11)5-7/h2-5H,6,11H2,1H3,(H2,12,13). The summed E-state index contributed by atoms with van der Waals surface area (Å²) in [6.07, 6.45) is 0. The zero-order valence-electron chi connectivity index (χ0n) is 8.92. The molecule has 6 heteroatoms. The van der Waals surface area contributed by atoms with Gasteiger partial charge in [0.25, 0.3) is 0 Å². The summed E-state index contributed by atoms with van der Waals surface area (Å²) in [6.45, 7) is 0. The number of rotatable bonds is 3. The number of thioether (sulfide) groups is 1. The Labute approximate surface area is 97.8 Å². The molecule has 1 aromatic carbocycles. The van der Waals surface area contributed by atoms with Crippen molar-refractivity contribution >= 4 is 23.4 Å². The molecule has 0 fully saturated rings. The molecule has 2 aromatic rings. The third-order valence-electron chi connectivity index (χ3n) is 2.19. The van der Waals surface area contributed by atoms with Crippen LogP contribution in [-0.4, -0.2) is 14.8 Å². The third-order valence-corrected chi connectivity index (χ3v) is 3.28. The normalized spacial score (nSPS) is 10.6. The van der Waals surface area contributed by atoms with Gasteiger partial charge in [-0.25, -0.2) is 0 Å². The second-order valence-electron chi connectivity index (χ2n) is 3.43. The molecule has 0 radical (unpaired) electrons. The van der Waals surface area contributed by atoms with Crippen LogP contribution in [0.2, 0.25) is 0 Å². The largest absolute Gasteiger partial charge is 0.399 e. The van der Waals surface area contributed by atoms with Gasteiger partial charge < -0.3 is 11.5 Å². The van der Waals surface area contributed by atoms with E-state index in [1.807, 2.05) is 31.3 Å². The van der Waals surface area contributed by atoms with Crippen molar-refractivity contribution in [3.63, 3.8) is 0 Å². The van der Waals surface area contributed by atoms with Gasteiger partial charge in [-0.3, -0.25) is 4.57 Å². The van der Waals surface area contributed by atoms with Gasteiger partial charge in [0.2, 0.25) is 5.95 Å². The fourth-order valence-electron chi connectivity index (χ4n) is 1.28. The molecule has 84 valence electrons. The van der Waals surface area contributed by atoms with Crippen LogP contribution in [0, 0.1) is 0 Å². The van der Waals surface area contributed by atoms with Gasteiger partial charge >= 0.3 is 0 Å². The molecule has 0 atom stereocenters. The summed E-state index contributed by atoms with van der Waals surface area (Å²) in [5.41, 5.74) is 13.2. The summed E-state index contributed by atoms with van der Waals surface area (Å²) in [5, 5.41) is 8.57. The molecule has 0 amide bonds. The fraction of sp³-hybridized carbons (Fsp3) is 0.200. The van der Waals surface area contributed by atoms with Crippen LogP contribution in [0.25, 0.3) is 0 Å². The Kier molecular flexibility index (Phi) is 3.00. The smallest absolute Gasteiger partial charge is 0.222 e. The first-order valence-corrected chi connectivity index (χ1v) is 5.77. The van der Waals surface area contributed by atoms with E-state index >= 15 is 0 Å².